The number of fused-ring (bicyclic) bond motifs is 5. The van der Waals surface area contributed by atoms with Crippen molar-refractivity contribution in [1.29, 1.82) is 0 Å². The first kappa shape index (κ1) is 24.5. The number of nitrogens with zero attached hydrogens (tertiary/aromatic N) is 3. The number of carbonyl (C=O) groups excluding carboxylic acids is 1. The van der Waals surface area contributed by atoms with E-state index in [0.29, 0.717) is 23.0 Å². The van der Waals surface area contributed by atoms with Crippen LogP contribution in [0.25, 0.3) is 6.08 Å². The van der Waals surface area contributed by atoms with Gasteiger partial charge in [-0.2, -0.15) is 13.2 Å². The highest BCUT2D eigenvalue weighted by atomic mass is 32.2. The lowest BCUT2D eigenvalue weighted by Gasteiger charge is -2.46. The number of alkyl halides is 3. The summed E-state index contributed by atoms with van der Waals surface area (Å²) in [7, 11) is 0. The van der Waals surface area contributed by atoms with E-state index in [1.54, 1.807) is 16.8 Å². The number of ether oxygens (including phenoxy) is 1. The lowest BCUT2D eigenvalue weighted by atomic mass is 9.90. The number of benzene rings is 2. The first-order chi connectivity index (χ1) is 18.2. The van der Waals surface area contributed by atoms with E-state index < -0.39 is 47.7 Å². The molecular formula is C27H22F3N3O4S. The largest absolute Gasteiger partial charge is 0.502 e. The van der Waals surface area contributed by atoms with Crippen LogP contribution in [0.3, 0.4) is 0 Å². The highest BCUT2D eigenvalue weighted by Gasteiger charge is 2.48. The number of rotatable bonds is 2. The Hall–Kier alpha value is -3.86. The second kappa shape index (κ2) is 8.87. The minimum Gasteiger partial charge on any atom is -0.502 e. The summed E-state index contributed by atoms with van der Waals surface area (Å²) in [4.78, 5) is 27.2. The standard InChI is InChI=1S/C27H22F3N3O4S/c1-15(27(28,29)30)31-14-33(32-11-10-19(34)24(35)23(32)26(31)36)22-18-6-2-3-7-20(18)38-13-17-9-8-16-5-4-12-37-25(16)21(17)22/h2-11,15,22,35H,12-14H2,1H3/t15-,22-/m1/s1. The number of hydrogen-bond donors (Lipinski definition) is 1. The first-order valence-electron chi connectivity index (χ1n) is 11.9. The number of hydrogen-bond acceptors (Lipinski definition) is 6. The Morgan fingerprint density at radius 2 is 1.92 bits per heavy atom. The van der Waals surface area contributed by atoms with Crippen LogP contribution in [0, 0.1) is 0 Å². The van der Waals surface area contributed by atoms with Crippen molar-refractivity contribution in [3.63, 3.8) is 0 Å². The molecule has 3 aliphatic heterocycles. The molecule has 7 nitrogen and oxygen atoms in total. The zero-order valence-electron chi connectivity index (χ0n) is 20.1. The molecule has 2 atom stereocenters. The molecule has 0 unspecified atom stereocenters. The maximum atomic E-state index is 13.9. The molecule has 6 rings (SSSR count). The molecule has 0 spiro atoms. The van der Waals surface area contributed by atoms with Crippen molar-refractivity contribution in [2.45, 2.75) is 35.8 Å². The van der Waals surface area contributed by atoms with Gasteiger partial charge >= 0.3 is 6.18 Å². The van der Waals surface area contributed by atoms with Crippen LogP contribution in [-0.2, 0) is 5.75 Å². The van der Waals surface area contributed by atoms with Crippen LogP contribution in [0.15, 0.2) is 64.4 Å². The van der Waals surface area contributed by atoms with Crippen molar-refractivity contribution < 1.29 is 27.8 Å². The van der Waals surface area contributed by atoms with Crippen LogP contribution < -0.4 is 15.2 Å². The predicted octanol–water partition coefficient (Wildman–Crippen LogP) is 4.66. The highest BCUT2D eigenvalue weighted by Crippen LogP contribution is 2.48. The molecule has 4 heterocycles. The van der Waals surface area contributed by atoms with Crippen LogP contribution >= 0.6 is 11.8 Å². The number of aromatic hydroxyl groups is 1. The molecule has 3 aliphatic rings. The fourth-order valence-electron chi connectivity index (χ4n) is 5.18. The van der Waals surface area contributed by atoms with E-state index in [2.05, 4.69) is 0 Å². The average Bonchev–Trinajstić information content (AvgIpc) is 3.07. The van der Waals surface area contributed by atoms with Crippen molar-refractivity contribution in [3.05, 3.63) is 92.9 Å². The number of pyridine rings is 1. The van der Waals surface area contributed by atoms with Gasteiger partial charge in [0.1, 0.15) is 31.1 Å². The monoisotopic (exact) mass is 541 g/mol. The molecule has 1 N–H and O–H groups in total. The zero-order valence-corrected chi connectivity index (χ0v) is 20.9. The van der Waals surface area contributed by atoms with Gasteiger partial charge in [0.25, 0.3) is 5.91 Å². The molecule has 0 saturated carbocycles. The summed E-state index contributed by atoms with van der Waals surface area (Å²) in [5.74, 6) is -0.758. The summed E-state index contributed by atoms with van der Waals surface area (Å²) < 4.78 is 49.2. The fraction of sp³-hybridized carbons (Fsp3) is 0.259. The Balaban J connectivity index is 1.65. The van der Waals surface area contributed by atoms with Crippen molar-refractivity contribution in [2.75, 3.05) is 18.3 Å². The highest BCUT2D eigenvalue weighted by molar-refractivity contribution is 7.98. The molecular weight excluding hydrogens is 519 g/mol. The Morgan fingerprint density at radius 1 is 1.13 bits per heavy atom. The Bertz CT molecular complexity index is 1550. The molecule has 3 aromatic rings. The summed E-state index contributed by atoms with van der Waals surface area (Å²) in [5, 5.41) is 12.2. The molecule has 11 heteroatoms. The Morgan fingerprint density at radius 3 is 2.71 bits per heavy atom. The van der Waals surface area contributed by atoms with Gasteiger partial charge < -0.3 is 14.7 Å². The summed E-state index contributed by atoms with van der Waals surface area (Å²) in [5.41, 5.74) is 1.98. The van der Waals surface area contributed by atoms with Crippen molar-refractivity contribution in [1.82, 2.24) is 9.58 Å². The van der Waals surface area contributed by atoms with E-state index in [4.69, 9.17) is 4.74 Å². The normalized spacial score (nSPS) is 19.1. The van der Waals surface area contributed by atoms with Gasteiger partial charge in [0.15, 0.2) is 11.4 Å². The van der Waals surface area contributed by atoms with E-state index in [1.165, 1.54) is 10.9 Å². The molecule has 2 aromatic carbocycles. The van der Waals surface area contributed by atoms with Gasteiger partial charge in [0.05, 0.1) is 0 Å². The molecule has 0 bridgehead atoms. The van der Waals surface area contributed by atoms with Gasteiger partial charge in [-0.25, -0.2) is 0 Å². The summed E-state index contributed by atoms with van der Waals surface area (Å²) >= 11 is 1.60. The van der Waals surface area contributed by atoms with Gasteiger partial charge in [0, 0.05) is 34.0 Å². The molecule has 1 aromatic heterocycles. The minimum absolute atomic E-state index is 0.338. The number of carbonyl (C=O) groups is 1. The molecule has 0 fully saturated rings. The Labute approximate surface area is 219 Å². The first-order valence-corrected chi connectivity index (χ1v) is 12.9. The molecule has 0 saturated heterocycles. The van der Waals surface area contributed by atoms with Gasteiger partial charge in [0.2, 0.25) is 5.43 Å². The van der Waals surface area contributed by atoms with E-state index >= 15 is 0 Å². The minimum atomic E-state index is -4.73. The van der Waals surface area contributed by atoms with Crippen LogP contribution in [0.2, 0.25) is 0 Å². The van der Waals surface area contributed by atoms with E-state index in [9.17, 15) is 27.9 Å². The van der Waals surface area contributed by atoms with Gasteiger partial charge in [-0.3, -0.25) is 19.3 Å². The summed E-state index contributed by atoms with van der Waals surface area (Å²) in [6.07, 6.45) is 0.416. The van der Waals surface area contributed by atoms with Crippen molar-refractivity contribution >= 4 is 23.7 Å². The number of thioether (sulfide) groups is 1. The quantitative estimate of drug-likeness (QED) is 0.509. The maximum absolute atomic E-state index is 13.9. The van der Waals surface area contributed by atoms with Crippen LogP contribution in [0.1, 0.15) is 45.7 Å². The van der Waals surface area contributed by atoms with Crippen molar-refractivity contribution in [2.24, 2.45) is 0 Å². The third-order valence-corrected chi connectivity index (χ3v) is 8.28. The average molecular weight is 542 g/mol. The van der Waals surface area contributed by atoms with Crippen LogP contribution in [-0.4, -0.2) is 46.1 Å². The Kier molecular flexibility index (Phi) is 5.71. The molecule has 0 aliphatic carbocycles. The molecule has 196 valence electrons. The number of halogens is 3. The van der Waals surface area contributed by atoms with Crippen LogP contribution in [0.5, 0.6) is 11.5 Å². The topological polar surface area (TPSA) is 75.0 Å². The molecule has 0 radical (unpaired) electrons. The molecule has 38 heavy (non-hydrogen) atoms. The van der Waals surface area contributed by atoms with Gasteiger partial charge in [-0.1, -0.05) is 36.4 Å². The second-order valence-corrected chi connectivity index (χ2v) is 10.3. The smallest absolute Gasteiger partial charge is 0.408 e. The third-order valence-electron chi connectivity index (χ3n) is 7.14. The number of aromatic nitrogens is 1. The van der Waals surface area contributed by atoms with Gasteiger partial charge in [-0.15, -0.1) is 11.8 Å². The lowest BCUT2D eigenvalue weighted by molar-refractivity contribution is -0.173. The molecule has 1 amide bonds. The van der Waals surface area contributed by atoms with Crippen molar-refractivity contribution in [3.8, 4) is 11.5 Å². The van der Waals surface area contributed by atoms with E-state index in [1.807, 2.05) is 48.6 Å². The van der Waals surface area contributed by atoms with Gasteiger partial charge in [-0.05, 0) is 30.2 Å². The fourth-order valence-corrected chi connectivity index (χ4v) is 6.26. The SMILES string of the molecule is C[C@@H](N1CN([C@@H]2c3ccccc3SCc3ccc4c(c32)OCC=C4)n2ccc(=O)c(O)c2C1=O)C(F)(F)F. The maximum Gasteiger partial charge on any atom is 0.408 e. The lowest BCUT2D eigenvalue weighted by Crippen LogP contribution is -2.60. The van der Waals surface area contributed by atoms with Crippen LogP contribution in [0.4, 0.5) is 13.2 Å². The number of amides is 1. The summed E-state index contributed by atoms with van der Waals surface area (Å²) in [6, 6.07) is 9.75. The van der Waals surface area contributed by atoms with E-state index in [0.717, 1.165) is 40.1 Å². The zero-order chi connectivity index (χ0) is 26.8. The summed E-state index contributed by atoms with van der Waals surface area (Å²) in [6.45, 7) is 0.784. The third kappa shape index (κ3) is 3.75. The predicted molar refractivity (Wildman–Crippen MR) is 136 cm³/mol. The van der Waals surface area contributed by atoms with E-state index in [-0.39, 0.29) is 0 Å². The second-order valence-electron chi connectivity index (χ2n) is 9.29.